The first kappa shape index (κ1) is 9.75. The van der Waals surface area contributed by atoms with E-state index in [4.69, 9.17) is 4.74 Å². The fourth-order valence-electron chi connectivity index (χ4n) is 1.53. The zero-order valence-electron chi connectivity index (χ0n) is 8.10. The molecule has 2 unspecified atom stereocenters. The summed E-state index contributed by atoms with van der Waals surface area (Å²) in [6.07, 6.45) is 4.42. The minimum atomic E-state index is 0.184. The Morgan fingerprint density at radius 3 is 3.00 bits per heavy atom. The summed E-state index contributed by atoms with van der Waals surface area (Å²) < 4.78 is 5.51. The molecular weight excluding hydrogens is 150 g/mol. The second-order valence-electron chi connectivity index (χ2n) is 3.68. The molecule has 0 amide bonds. The molecule has 1 N–H and O–H groups in total. The molecule has 12 heavy (non-hydrogen) atoms. The van der Waals surface area contributed by atoms with Gasteiger partial charge in [0, 0.05) is 12.1 Å². The zero-order valence-corrected chi connectivity index (χ0v) is 8.10. The summed E-state index contributed by atoms with van der Waals surface area (Å²) in [4.78, 5) is 0. The lowest BCUT2D eigenvalue weighted by atomic mass is 9.94. The van der Waals surface area contributed by atoms with Crippen molar-refractivity contribution in [1.82, 2.24) is 5.32 Å². The monoisotopic (exact) mass is 169 g/mol. The highest BCUT2D eigenvalue weighted by Crippen LogP contribution is 2.24. The fourth-order valence-corrected chi connectivity index (χ4v) is 1.53. The van der Waals surface area contributed by atoms with Crippen molar-refractivity contribution in [1.29, 1.82) is 0 Å². The van der Waals surface area contributed by atoms with Gasteiger partial charge in [0.1, 0.15) is 0 Å². The average Bonchev–Trinajstić information content (AvgIpc) is 2.34. The predicted molar refractivity (Wildman–Crippen MR) is 51.3 cm³/mol. The van der Waals surface area contributed by atoms with E-state index in [0.717, 1.165) is 26.0 Å². The number of hydrogen-bond donors (Lipinski definition) is 1. The first-order valence-electron chi connectivity index (χ1n) is 4.66. The summed E-state index contributed by atoms with van der Waals surface area (Å²) in [6, 6.07) is 0. The van der Waals surface area contributed by atoms with Crippen molar-refractivity contribution in [2.24, 2.45) is 0 Å². The Labute approximate surface area is 75.0 Å². The average molecular weight is 169 g/mol. The Kier molecular flexibility index (Phi) is 3.29. The third-order valence-corrected chi connectivity index (χ3v) is 2.76. The fraction of sp³-hybridized carbons (Fsp3) is 0.800. The van der Waals surface area contributed by atoms with Crippen molar-refractivity contribution in [2.45, 2.75) is 38.3 Å². The van der Waals surface area contributed by atoms with Crippen LogP contribution < -0.4 is 5.32 Å². The summed E-state index contributed by atoms with van der Waals surface area (Å²) in [6.45, 7) is 9.95. The van der Waals surface area contributed by atoms with Gasteiger partial charge in [0.25, 0.3) is 0 Å². The van der Waals surface area contributed by atoms with E-state index < -0.39 is 0 Å². The van der Waals surface area contributed by atoms with Gasteiger partial charge < -0.3 is 10.1 Å². The molecule has 1 saturated heterocycles. The smallest absolute Gasteiger partial charge is 0.0726 e. The molecule has 0 aromatic carbocycles. The molecule has 2 heteroatoms. The lowest BCUT2D eigenvalue weighted by Gasteiger charge is -2.28. The summed E-state index contributed by atoms with van der Waals surface area (Å²) in [5.41, 5.74) is 0.184. The van der Waals surface area contributed by atoms with Gasteiger partial charge in [0.05, 0.1) is 6.10 Å². The topological polar surface area (TPSA) is 21.3 Å². The van der Waals surface area contributed by atoms with Crippen LogP contribution in [0.3, 0.4) is 0 Å². The molecule has 0 aromatic heterocycles. The highest BCUT2D eigenvalue weighted by atomic mass is 16.5. The number of hydrogen-bond acceptors (Lipinski definition) is 2. The largest absolute Gasteiger partial charge is 0.377 e. The summed E-state index contributed by atoms with van der Waals surface area (Å²) in [5.74, 6) is 0. The van der Waals surface area contributed by atoms with E-state index >= 15 is 0 Å². The van der Waals surface area contributed by atoms with E-state index in [9.17, 15) is 0 Å². The molecule has 2 atom stereocenters. The van der Waals surface area contributed by atoms with Crippen molar-refractivity contribution >= 4 is 0 Å². The Hall–Kier alpha value is -0.340. The van der Waals surface area contributed by atoms with E-state index in [0.29, 0.717) is 6.10 Å². The SMILES string of the molecule is C=CCCNC1(C)CCOC1C. The molecule has 1 heterocycles. The van der Waals surface area contributed by atoms with Crippen LogP contribution in [0.5, 0.6) is 0 Å². The second kappa shape index (κ2) is 4.06. The van der Waals surface area contributed by atoms with Crippen LogP contribution in [0.4, 0.5) is 0 Å². The first-order valence-corrected chi connectivity index (χ1v) is 4.66. The van der Waals surface area contributed by atoms with Gasteiger partial charge in [-0.3, -0.25) is 0 Å². The minimum Gasteiger partial charge on any atom is -0.377 e. The van der Waals surface area contributed by atoms with Gasteiger partial charge in [-0.05, 0) is 33.2 Å². The first-order chi connectivity index (χ1) is 5.69. The van der Waals surface area contributed by atoms with Gasteiger partial charge in [-0.25, -0.2) is 0 Å². The zero-order chi connectivity index (χ0) is 9.03. The van der Waals surface area contributed by atoms with Gasteiger partial charge >= 0.3 is 0 Å². The van der Waals surface area contributed by atoms with Crippen molar-refractivity contribution in [3.8, 4) is 0 Å². The number of nitrogens with one attached hydrogen (secondary N) is 1. The lowest BCUT2D eigenvalue weighted by molar-refractivity contribution is 0.0890. The van der Waals surface area contributed by atoms with Gasteiger partial charge in [-0.15, -0.1) is 6.58 Å². The quantitative estimate of drug-likeness (QED) is 0.511. The van der Waals surface area contributed by atoms with Crippen LogP contribution in [0.1, 0.15) is 26.7 Å². The van der Waals surface area contributed by atoms with Crippen molar-refractivity contribution in [2.75, 3.05) is 13.2 Å². The van der Waals surface area contributed by atoms with Crippen LogP contribution in [-0.4, -0.2) is 24.8 Å². The molecular formula is C10H19NO. The van der Waals surface area contributed by atoms with Crippen molar-refractivity contribution in [3.63, 3.8) is 0 Å². The molecule has 70 valence electrons. The van der Waals surface area contributed by atoms with E-state index in [2.05, 4.69) is 25.7 Å². The van der Waals surface area contributed by atoms with Gasteiger partial charge in [0.2, 0.25) is 0 Å². The molecule has 0 aromatic rings. The Morgan fingerprint density at radius 2 is 2.50 bits per heavy atom. The van der Waals surface area contributed by atoms with Gasteiger partial charge in [-0.1, -0.05) is 6.08 Å². The van der Waals surface area contributed by atoms with E-state index in [1.165, 1.54) is 0 Å². The van der Waals surface area contributed by atoms with Crippen molar-refractivity contribution in [3.05, 3.63) is 12.7 Å². The highest BCUT2D eigenvalue weighted by Gasteiger charge is 2.35. The highest BCUT2D eigenvalue weighted by molar-refractivity contribution is 4.93. The number of ether oxygens (including phenoxy) is 1. The maximum atomic E-state index is 5.51. The van der Waals surface area contributed by atoms with Crippen LogP contribution in [0.15, 0.2) is 12.7 Å². The van der Waals surface area contributed by atoms with Crippen molar-refractivity contribution < 1.29 is 4.74 Å². The number of rotatable bonds is 4. The Morgan fingerprint density at radius 1 is 1.75 bits per heavy atom. The van der Waals surface area contributed by atoms with Crippen LogP contribution in [0, 0.1) is 0 Å². The third kappa shape index (κ3) is 2.08. The molecule has 1 aliphatic heterocycles. The molecule has 0 spiro atoms. The summed E-state index contributed by atoms with van der Waals surface area (Å²) >= 11 is 0. The minimum absolute atomic E-state index is 0.184. The molecule has 0 saturated carbocycles. The lowest BCUT2D eigenvalue weighted by Crippen LogP contribution is -2.47. The standard InChI is InChI=1S/C10H19NO/c1-4-5-7-11-10(3)6-8-12-9(10)2/h4,9,11H,1,5-8H2,2-3H3. The van der Waals surface area contributed by atoms with E-state index in [-0.39, 0.29) is 5.54 Å². The van der Waals surface area contributed by atoms with Crippen LogP contribution >= 0.6 is 0 Å². The molecule has 0 bridgehead atoms. The maximum Gasteiger partial charge on any atom is 0.0726 e. The summed E-state index contributed by atoms with van der Waals surface area (Å²) in [7, 11) is 0. The second-order valence-corrected chi connectivity index (χ2v) is 3.68. The van der Waals surface area contributed by atoms with Crippen LogP contribution in [0.25, 0.3) is 0 Å². The van der Waals surface area contributed by atoms with E-state index in [1.54, 1.807) is 0 Å². The molecule has 2 nitrogen and oxygen atoms in total. The van der Waals surface area contributed by atoms with Gasteiger partial charge in [-0.2, -0.15) is 0 Å². The molecule has 1 rings (SSSR count). The third-order valence-electron chi connectivity index (χ3n) is 2.76. The molecule has 1 aliphatic rings. The van der Waals surface area contributed by atoms with Crippen LogP contribution in [-0.2, 0) is 4.74 Å². The normalized spacial score (nSPS) is 35.3. The van der Waals surface area contributed by atoms with E-state index in [1.807, 2.05) is 6.08 Å². The van der Waals surface area contributed by atoms with Gasteiger partial charge in [0.15, 0.2) is 0 Å². The molecule has 0 aliphatic carbocycles. The Bertz CT molecular complexity index is 158. The van der Waals surface area contributed by atoms with Crippen LogP contribution in [0.2, 0.25) is 0 Å². The molecule has 1 fully saturated rings. The molecule has 0 radical (unpaired) electrons. The Balaban J connectivity index is 2.32. The summed E-state index contributed by atoms with van der Waals surface area (Å²) in [5, 5.41) is 3.51. The predicted octanol–water partition coefficient (Wildman–Crippen LogP) is 1.72. The maximum absolute atomic E-state index is 5.51.